The Morgan fingerprint density at radius 1 is 0.429 bits per heavy atom. The first-order chi connectivity index (χ1) is 12.3. The molecule has 2 N–H and O–H groups in total. The lowest BCUT2D eigenvalue weighted by molar-refractivity contribution is 0.446. The normalized spacial score (nSPS) is 14.0. The van der Waals surface area contributed by atoms with E-state index in [1.54, 1.807) is 22.7 Å². The van der Waals surface area contributed by atoms with Crippen LogP contribution in [0.2, 0.25) is 0 Å². The minimum Gasteiger partial charge on any atom is -0.506 e. The summed E-state index contributed by atoms with van der Waals surface area (Å²) in [6.45, 7) is 25.9. The number of aromatic hydroxyl groups is 2. The molecule has 4 heteroatoms. The van der Waals surface area contributed by atoms with Gasteiger partial charge in [-0.2, -0.15) is 0 Å². The Balaban J connectivity index is 3.04. The minimum atomic E-state index is -0.159. The van der Waals surface area contributed by atoms with E-state index in [9.17, 15) is 10.2 Å². The van der Waals surface area contributed by atoms with Crippen LogP contribution >= 0.6 is 22.7 Å². The van der Waals surface area contributed by atoms with Gasteiger partial charge in [-0.15, -0.1) is 22.7 Å². The maximum Gasteiger partial charge on any atom is 0.138 e. The molecule has 0 aliphatic carbocycles. The molecule has 0 bridgehead atoms. The van der Waals surface area contributed by atoms with E-state index in [1.807, 2.05) is 0 Å². The summed E-state index contributed by atoms with van der Waals surface area (Å²) < 4.78 is 0. The quantitative estimate of drug-likeness (QED) is 0.487. The molecule has 0 fully saturated rings. The van der Waals surface area contributed by atoms with Crippen LogP contribution in [0.5, 0.6) is 11.5 Å². The Labute approximate surface area is 179 Å². The predicted molar refractivity (Wildman–Crippen MR) is 126 cm³/mol. The molecule has 0 aliphatic heterocycles. The Bertz CT molecular complexity index is 796. The topological polar surface area (TPSA) is 40.5 Å². The van der Waals surface area contributed by atoms with Crippen LogP contribution in [-0.2, 0) is 21.7 Å². The van der Waals surface area contributed by atoms with E-state index in [2.05, 4.69) is 83.1 Å². The van der Waals surface area contributed by atoms with Gasteiger partial charge in [0.15, 0.2) is 0 Å². The fourth-order valence-electron chi connectivity index (χ4n) is 3.38. The fraction of sp³-hybridized carbons (Fsp3) is 0.667. The summed E-state index contributed by atoms with van der Waals surface area (Å²) in [5, 5.41) is 22.8. The zero-order chi connectivity index (χ0) is 22.0. The van der Waals surface area contributed by atoms with Gasteiger partial charge in [-0.25, -0.2) is 0 Å². The fourth-order valence-corrected chi connectivity index (χ4v) is 6.01. The molecule has 0 amide bonds. The molecule has 28 heavy (non-hydrogen) atoms. The van der Waals surface area contributed by atoms with Crippen molar-refractivity contribution in [1.29, 1.82) is 0 Å². The van der Waals surface area contributed by atoms with Crippen LogP contribution in [0.4, 0.5) is 0 Å². The van der Waals surface area contributed by atoms with Crippen molar-refractivity contribution < 1.29 is 10.2 Å². The molecule has 0 spiro atoms. The highest BCUT2D eigenvalue weighted by atomic mass is 32.1. The van der Waals surface area contributed by atoms with E-state index in [-0.39, 0.29) is 21.7 Å². The molecule has 0 aliphatic rings. The summed E-state index contributed by atoms with van der Waals surface area (Å²) >= 11 is 3.37. The van der Waals surface area contributed by atoms with E-state index in [0.29, 0.717) is 11.5 Å². The summed E-state index contributed by atoms with van der Waals surface area (Å²) in [5.74, 6) is 0.669. The summed E-state index contributed by atoms with van der Waals surface area (Å²) in [6, 6.07) is 0. The molecule has 2 nitrogen and oxygen atoms in total. The lowest BCUT2D eigenvalue weighted by Crippen LogP contribution is -2.13. The molecule has 0 unspecified atom stereocenters. The molecule has 0 atom stereocenters. The summed E-state index contributed by atoms with van der Waals surface area (Å²) in [4.78, 5) is 4.23. The minimum absolute atomic E-state index is 0.133. The monoisotopic (exact) mass is 422 g/mol. The van der Waals surface area contributed by atoms with E-state index in [4.69, 9.17) is 0 Å². The van der Waals surface area contributed by atoms with Crippen LogP contribution in [0.15, 0.2) is 0 Å². The second-order valence-corrected chi connectivity index (χ2v) is 14.0. The van der Waals surface area contributed by atoms with Gasteiger partial charge in [0.05, 0.1) is 9.75 Å². The summed E-state index contributed by atoms with van der Waals surface area (Å²) in [7, 11) is 0. The van der Waals surface area contributed by atoms with Crippen molar-refractivity contribution in [2.75, 3.05) is 0 Å². The Hall–Kier alpha value is -1.00. The van der Waals surface area contributed by atoms with Crippen LogP contribution in [-0.4, -0.2) is 10.2 Å². The number of rotatable bonds is 1. The third-order valence-corrected chi connectivity index (χ3v) is 8.80. The van der Waals surface area contributed by atoms with Crippen LogP contribution in [0.25, 0.3) is 11.1 Å². The number of thiophene rings is 2. The summed E-state index contributed by atoms with van der Waals surface area (Å²) in [5.41, 5.74) is 1.08. The van der Waals surface area contributed by atoms with E-state index in [0.717, 1.165) is 30.6 Å². The average Bonchev–Trinajstić information content (AvgIpc) is 2.94. The van der Waals surface area contributed by atoms with E-state index < -0.39 is 0 Å². The molecular formula is C24H38O2S2. The molecule has 2 heterocycles. The average molecular weight is 423 g/mol. The van der Waals surface area contributed by atoms with Crippen molar-refractivity contribution in [3.63, 3.8) is 0 Å². The maximum atomic E-state index is 11.4. The van der Waals surface area contributed by atoms with Gasteiger partial charge in [0.1, 0.15) is 11.5 Å². The third kappa shape index (κ3) is 4.14. The van der Waals surface area contributed by atoms with Gasteiger partial charge in [-0.1, -0.05) is 83.1 Å². The highest BCUT2D eigenvalue weighted by molar-refractivity contribution is 7.14. The molecule has 0 saturated carbocycles. The molecule has 2 aromatic rings. The second-order valence-electron chi connectivity index (χ2n) is 12.0. The zero-order valence-corrected chi connectivity index (χ0v) is 21.3. The van der Waals surface area contributed by atoms with E-state index in [1.165, 1.54) is 0 Å². The highest BCUT2D eigenvalue weighted by Gasteiger charge is 2.38. The Kier molecular flexibility index (Phi) is 5.63. The van der Waals surface area contributed by atoms with Crippen molar-refractivity contribution in [3.8, 4) is 22.6 Å². The molecule has 0 saturated heterocycles. The lowest BCUT2D eigenvalue weighted by atomic mass is 9.82. The van der Waals surface area contributed by atoms with Crippen molar-refractivity contribution in [2.45, 2.75) is 105 Å². The van der Waals surface area contributed by atoms with Gasteiger partial charge in [0.2, 0.25) is 0 Å². The largest absolute Gasteiger partial charge is 0.506 e. The van der Waals surface area contributed by atoms with Crippen molar-refractivity contribution >= 4 is 22.7 Å². The zero-order valence-electron chi connectivity index (χ0n) is 19.7. The lowest BCUT2D eigenvalue weighted by Gasteiger charge is -2.23. The SMILES string of the molecule is CC(C)(C)c1sc(C(C)(C)C)c(-c2c(C(C)(C)C)sc(C(C)(C)C)c2O)c1O. The van der Waals surface area contributed by atoms with Crippen LogP contribution < -0.4 is 0 Å². The molecule has 2 rings (SSSR count). The first kappa shape index (κ1) is 23.3. The van der Waals surface area contributed by atoms with Gasteiger partial charge in [0.25, 0.3) is 0 Å². The van der Waals surface area contributed by atoms with Crippen LogP contribution in [0, 0.1) is 0 Å². The third-order valence-electron chi connectivity index (χ3n) is 4.74. The smallest absolute Gasteiger partial charge is 0.138 e. The number of hydrogen-bond acceptors (Lipinski definition) is 4. The summed E-state index contributed by atoms with van der Waals surface area (Å²) in [6.07, 6.45) is 0. The Morgan fingerprint density at radius 2 is 0.643 bits per heavy atom. The van der Waals surface area contributed by atoms with Gasteiger partial charge in [0, 0.05) is 20.9 Å². The highest BCUT2D eigenvalue weighted by Crippen LogP contribution is 2.58. The van der Waals surface area contributed by atoms with Gasteiger partial charge >= 0.3 is 0 Å². The molecule has 0 radical (unpaired) electrons. The van der Waals surface area contributed by atoms with Crippen molar-refractivity contribution in [2.24, 2.45) is 0 Å². The first-order valence-corrected chi connectivity index (χ1v) is 11.6. The second kappa shape index (κ2) is 6.77. The predicted octanol–water partition coefficient (Wildman–Crippen LogP) is 8.08. The maximum absolute atomic E-state index is 11.4. The molecule has 158 valence electrons. The van der Waals surface area contributed by atoms with Crippen molar-refractivity contribution in [3.05, 3.63) is 19.5 Å². The van der Waals surface area contributed by atoms with Gasteiger partial charge < -0.3 is 10.2 Å². The van der Waals surface area contributed by atoms with E-state index >= 15 is 0 Å². The Morgan fingerprint density at radius 3 is 0.821 bits per heavy atom. The van der Waals surface area contributed by atoms with Crippen LogP contribution in [0.3, 0.4) is 0 Å². The van der Waals surface area contributed by atoms with Gasteiger partial charge in [-0.3, -0.25) is 0 Å². The molecule has 2 aromatic heterocycles. The number of hydrogen-bond donors (Lipinski definition) is 2. The van der Waals surface area contributed by atoms with Crippen LogP contribution in [0.1, 0.15) is 103 Å². The first-order valence-electron chi connectivity index (χ1n) is 10.0. The van der Waals surface area contributed by atoms with Gasteiger partial charge in [-0.05, 0) is 21.7 Å². The molecule has 0 aromatic carbocycles. The standard InChI is InChI=1S/C24H38O2S2/c1-21(2,3)17-13(15(25)19(27-17)23(7,8)9)14-16(26)20(24(10,11)12)28-18(14)22(4,5)6/h25-26H,1-12H3. The molecular weight excluding hydrogens is 384 g/mol. The van der Waals surface area contributed by atoms with Crippen molar-refractivity contribution in [1.82, 2.24) is 0 Å².